The first-order valence-corrected chi connectivity index (χ1v) is 5.50. The van der Waals surface area contributed by atoms with Crippen LogP contribution in [0.3, 0.4) is 0 Å². The van der Waals surface area contributed by atoms with Crippen molar-refractivity contribution in [3.63, 3.8) is 0 Å². The predicted molar refractivity (Wildman–Crippen MR) is 64.1 cm³/mol. The molecule has 3 heteroatoms. The van der Waals surface area contributed by atoms with Gasteiger partial charge in [-0.25, -0.2) is 0 Å². The van der Waals surface area contributed by atoms with Gasteiger partial charge in [0.15, 0.2) is 0 Å². The molecule has 3 nitrogen and oxygen atoms in total. The van der Waals surface area contributed by atoms with Crippen LogP contribution in [0, 0.1) is 0 Å². The van der Waals surface area contributed by atoms with Gasteiger partial charge in [0.25, 0.3) is 0 Å². The van der Waals surface area contributed by atoms with Crippen molar-refractivity contribution in [3.05, 3.63) is 35.9 Å². The van der Waals surface area contributed by atoms with Gasteiger partial charge in [0.2, 0.25) is 5.91 Å². The standard InChI is InChI=1S/C13H19NO2/c1-13(2,16)10-14-12(15)9-8-11-6-4-3-5-7-11/h3-7,16H,8-10H2,1-2H3,(H,14,15). The largest absolute Gasteiger partial charge is 0.389 e. The first kappa shape index (κ1) is 12.7. The normalized spacial score (nSPS) is 11.2. The third-order valence-electron chi connectivity index (χ3n) is 2.20. The van der Waals surface area contributed by atoms with E-state index in [1.807, 2.05) is 30.3 Å². The SMILES string of the molecule is CC(C)(O)CNC(=O)CCc1ccccc1. The lowest BCUT2D eigenvalue weighted by atomic mass is 10.1. The molecule has 1 aromatic carbocycles. The molecule has 0 atom stereocenters. The van der Waals surface area contributed by atoms with E-state index in [0.29, 0.717) is 13.0 Å². The second-order valence-electron chi connectivity index (χ2n) is 4.57. The van der Waals surface area contributed by atoms with E-state index in [0.717, 1.165) is 12.0 Å². The lowest BCUT2D eigenvalue weighted by molar-refractivity contribution is -0.122. The van der Waals surface area contributed by atoms with Crippen LogP contribution in [0.5, 0.6) is 0 Å². The maximum absolute atomic E-state index is 11.4. The summed E-state index contributed by atoms with van der Waals surface area (Å²) < 4.78 is 0. The lowest BCUT2D eigenvalue weighted by Gasteiger charge is -2.17. The average Bonchev–Trinajstić information content (AvgIpc) is 2.24. The molecule has 0 aromatic heterocycles. The molecule has 1 aromatic rings. The van der Waals surface area contributed by atoms with Gasteiger partial charge >= 0.3 is 0 Å². The van der Waals surface area contributed by atoms with E-state index < -0.39 is 5.60 Å². The second kappa shape index (κ2) is 5.66. The Hall–Kier alpha value is -1.35. The van der Waals surface area contributed by atoms with Crippen LogP contribution >= 0.6 is 0 Å². The number of aliphatic hydroxyl groups is 1. The van der Waals surface area contributed by atoms with Crippen LogP contribution in [0.15, 0.2) is 30.3 Å². The maximum Gasteiger partial charge on any atom is 0.220 e. The summed E-state index contributed by atoms with van der Waals surface area (Å²) in [4.78, 5) is 11.4. The Morgan fingerprint density at radius 2 is 1.94 bits per heavy atom. The van der Waals surface area contributed by atoms with Crippen LogP contribution in [0.25, 0.3) is 0 Å². The van der Waals surface area contributed by atoms with Gasteiger partial charge in [-0.1, -0.05) is 30.3 Å². The molecule has 0 aliphatic rings. The Morgan fingerprint density at radius 3 is 2.50 bits per heavy atom. The van der Waals surface area contributed by atoms with Crippen LogP contribution in [0.4, 0.5) is 0 Å². The summed E-state index contributed by atoms with van der Waals surface area (Å²) in [7, 11) is 0. The third kappa shape index (κ3) is 5.51. The average molecular weight is 221 g/mol. The van der Waals surface area contributed by atoms with Gasteiger partial charge in [-0.05, 0) is 25.8 Å². The van der Waals surface area contributed by atoms with Gasteiger partial charge in [0.1, 0.15) is 0 Å². The predicted octanol–water partition coefficient (Wildman–Crippen LogP) is 1.51. The molecule has 16 heavy (non-hydrogen) atoms. The van der Waals surface area contributed by atoms with E-state index in [1.165, 1.54) is 0 Å². The lowest BCUT2D eigenvalue weighted by Crippen LogP contribution is -2.38. The molecule has 0 saturated carbocycles. The summed E-state index contributed by atoms with van der Waals surface area (Å²) in [6.07, 6.45) is 1.19. The van der Waals surface area contributed by atoms with Gasteiger partial charge in [0, 0.05) is 13.0 Å². The topological polar surface area (TPSA) is 49.3 Å². The van der Waals surface area contributed by atoms with E-state index in [2.05, 4.69) is 5.32 Å². The number of aryl methyl sites for hydroxylation is 1. The van der Waals surface area contributed by atoms with E-state index in [-0.39, 0.29) is 5.91 Å². The van der Waals surface area contributed by atoms with Crippen molar-refractivity contribution in [2.75, 3.05) is 6.54 Å². The summed E-state index contributed by atoms with van der Waals surface area (Å²) in [6, 6.07) is 9.89. The monoisotopic (exact) mass is 221 g/mol. The third-order valence-corrected chi connectivity index (χ3v) is 2.20. The molecule has 1 amide bonds. The summed E-state index contributed by atoms with van der Waals surface area (Å²) in [5.41, 5.74) is 0.309. The minimum atomic E-state index is -0.845. The first-order valence-electron chi connectivity index (χ1n) is 5.50. The Labute approximate surface area is 96.5 Å². The summed E-state index contributed by atoms with van der Waals surface area (Å²) in [6.45, 7) is 3.63. The number of rotatable bonds is 5. The summed E-state index contributed by atoms with van der Waals surface area (Å²) in [5.74, 6) is -0.0222. The Bertz CT molecular complexity index is 328. The number of carbonyl (C=O) groups excluding carboxylic acids is 1. The molecule has 0 spiro atoms. The maximum atomic E-state index is 11.4. The first-order chi connectivity index (χ1) is 7.47. The van der Waals surface area contributed by atoms with Gasteiger partial charge in [-0.2, -0.15) is 0 Å². The number of nitrogens with one attached hydrogen (secondary N) is 1. The number of benzene rings is 1. The number of amides is 1. The Morgan fingerprint density at radius 1 is 1.31 bits per heavy atom. The van der Waals surface area contributed by atoms with Crippen LogP contribution in [0.1, 0.15) is 25.8 Å². The van der Waals surface area contributed by atoms with Crippen molar-refractivity contribution in [3.8, 4) is 0 Å². The van der Waals surface area contributed by atoms with Crippen molar-refractivity contribution in [1.29, 1.82) is 0 Å². The van der Waals surface area contributed by atoms with Gasteiger partial charge in [-0.3, -0.25) is 4.79 Å². The smallest absolute Gasteiger partial charge is 0.220 e. The highest BCUT2D eigenvalue weighted by Crippen LogP contribution is 2.03. The van der Waals surface area contributed by atoms with Crippen molar-refractivity contribution < 1.29 is 9.90 Å². The minimum absolute atomic E-state index is 0.0222. The van der Waals surface area contributed by atoms with E-state index in [4.69, 9.17) is 0 Å². The molecule has 0 heterocycles. The second-order valence-corrected chi connectivity index (χ2v) is 4.57. The molecule has 1 rings (SSSR count). The molecule has 0 aliphatic carbocycles. The van der Waals surface area contributed by atoms with Crippen molar-refractivity contribution >= 4 is 5.91 Å². The fourth-order valence-electron chi connectivity index (χ4n) is 1.31. The van der Waals surface area contributed by atoms with Gasteiger partial charge in [-0.15, -0.1) is 0 Å². The number of hydrogen-bond acceptors (Lipinski definition) is 2. The number of hydrogen-bond donors (Lipinski definition) is 2. The zero-order chi connectivity index (χ0) is 12.0. The highest BCUT2D eigenvalue weighted by atomic mass is 16.3. The molecule has 2 N–H and O–H groups in total. The number of carbonyl (C=O) groups is 1. The van der Waals surface area contributed by atoms with Gasteiger partial charge < -0.3 is 10.4 Å². The van der Waals surface area contributed by atoms with Crippen molar-refractivity contribution in [2.45, 2.75) is 32.3 Å². The zero-order valence-electron chi connectivity index (χ0n) is 9.86. The van der Waals surface area contributed by atoms with E-state index in [1.54, 1.807) is 13.8 Å². The molecule has 0 saturated heterocycles. The van der Waals surface area contributed by atoms with Crippen LogP contribution < -0.4 is 5.32 Å². The van der Waals surface area contributed by atoms with E-state index in [9.17, 15) is 9.90 Å². The van der Waals surface area contributed by atoms with Crippen LogP contribution in [0.2, 0.25) is 0 Å². The Balaban J connectivity index is 2.26. The molecule has 0 unspecified atom stereocenters. The van der Waals surface area contributed by atoms with Crippen LogP contribution in [-0.4, -0.2) is 23.2 Å². The molecular weight excluding hydrogens is 202 g/mol. The highest BCUT2D eigenvalue weighted by Gasteiger charge is 2.13. The summed E-state index contributed by atoms with van der Waals surface area (Å²) in [5, 5.41) is 12.1. The Kier molecular flexibility index (Phi) is 4.50. The summed E-state index contributed by atoms with van der Waals surface area (Å²) >= 11 is 0. The quantitative estimate of drug-likeness (QED) is 0.791. The molecule has 0 bridgehead atoms. The molecule has 0 radical (unpaired) electrons. The minimum Gasteiger partial charge on any atom is -0.389 e. The molecular formula is C13H19NO2. The fraction of sp³-hybridized carbons (Fsp3) is 0.462. The highest BCUT2D eigenvalue weighted by molar-refractivity contribution is 5.76. The molecule has 0 fully saturated rings. The fourth-order valence-corrected chi connectivity index (χ4v) is 1.31. The van der Waals surface area contributed by atoms with Gasteiger partial charge in [0.05, 0.1) is 5.60 Å². The van der Waals surface area contributed by atoms with E-state index >= 15 is 0 Å². The van der Waals surface area contributed by atoms with Crippen molar-refractivity contribution in [2.24, 2.45) is 0 Å². The van der Waals surface area contributed by atoms with Crippen LogP contribution in [-0.2, 0) is 11.2 Å². The van der Waals surface area contributed by atoms with Crippen molar-refractivity contribution in [1.82, 2.24) is 5.32 Å². The molecule has 88 valence electrons. The molecule has 0 aliphatic heterocycles. The zero-order valence-corrected chi connectivity index (χ0v) is 9.86.